The van der Waals surface area contributed by atoms with Gasteiger partial charge in [-0.2, -0.15) is 5.26 Å². The van der Waals surface area contributed by atoms with Crippen molar-refractivity contribution >= 4 is 10.8 Å². The van der Waals surface area contributed by atoms with E-state index in [4.69, 9.17) is 0 Å². The van der Waals surface area contributed by atoms with Crippen LogP contribution in [0.5, 0.6) is 0 Å². The van der Waals surface area contributed by atoms with Crippen LogP contribution in [0.3, 0.4) is 0 Å². The van der Waals surface area contributed by atoms with Crippen LogP contribution in [0.15, 0.2) is 36.4 Å². The first kappa shape index (κ1) is 11.2. The Morgan fingerprint density at radius 3 is 2.61 bits per heavy atom. The molecule has 2 aromatic rings. The number of rotatable bonds is 2. The highest BCUT2D eigenvalue weighted by molar-refractivity contribution is 5.88. The number of hydrogen-bond acceptors (Lipinski definition) is 2. The van der Waals surface area contributed by atoms with Crippen molar-refractivity contribution in [1.82, 2.24) is 0 Å². The van der Waals surface area contributed by atoms with Crippen molar-refractivity contribution in [3.63, 3.8) is 0 Å². The summed E-state index contributed by atoms with van der Waals surface area (Å²) in [7, 11) is 0. The molecule has 0 saturated heterocycles. The van der Waals surface area contributed by atoms with Crippen LogP contribution in [-0.4, -0.2) is 11.7 Å². The van der Waals surface area contributed by atoms with E-state index in [9.17, 15) is 14.8 Å². The van der Waals surface area contributed by atoms with Gasteiger partial charge in [0.2, 0.25) is 0 Å². The van der Waals surface area contributed by atoms with E-state index in [1.807, 2.05) is 12.1 Å². The Morgan fingerprint density at radius 2 is 2.00 bits per heavy atom. The molecule has 0 heterocycles. The van der Waals surface area contributed by atoms with Crippen molar-refractivity contribution in [2.75, 3.05) is 6.61 Å². The highest BCUT2D eigenvalue weighted by atomic mass is 19.1. The highest BCUT2D eigenvalue weighted by Gasteiger charge is 2.56. The van der Waals surface area contributed by atoms with Crippen molar-refractivity contribution in [1.29, 1.82) is 5.26 Å². The number of nitriles is 1. The van der Waals surface area contributed by atoms with Crippen molar-refractivity contribution < 1.29 is 9.50 Å². The fourth-order valence-electron chi connectivity index (χ4n) is 2.73. The summed E-state index contributed by atoms with van der Waals surface area (Å²) in [5, 5.41) is 19.9. The Kier molecular flexibility index (Phi) is 2.36. The Hall–Kier alpha value is -1.92. The van der Waals surface area contributed by atoms with Crippen LogP contribution < -0.4 is 0 Å². The van der Waals surface area contributed by atoms with Gasteiger partial charge in [0.1, 0.15) is 5.82 Å². The van der Waals surface area contributed by atoms with Gasteiger partial charge in [-0.3, -0.25) is 0 Å². The number of fused-ring (bicyclic) bond motifs is 1. The Labute approximate surface area is 104 Å². The minimum Gasteiger partial charge on any atom is -0.396 e. The topological polar surface area (TPSA) is 44.0 Å². The molecular weight excluding hydrogens is 229 g/mol. The average Bonchev–Trinajstić information content (AvgIpc) is 3.14. The van der Waals surface area contributed by atoms with Gasteiger partial charge in [-0.1, -0.05) is 30.3 Å². The second kappa shape index (κ2) is 3.79. The molecule has 1 aliphatic rings. The van der Waals surface area contributed by atoms with Crippen LogP contribution >= 0.6 is 0 Å². The van der Waals surface area contributed by atoms with E-state index in [0.717, 1.165) is 10.9 Å². The van der Waals surface area contributed by atoms with Gasteiger partial charge in [0, 0.05) is 17.9 Å². The van der Waals surface area contributed by atoms with Crippen LogP contribution in [0.4, 0.5) is 4.39 Å². The van der Waals surface area contributed by atoms with Crippen molar-refractivity contribution in [3.8, 4) is 6.07 Å². The molecule has 0 radical (unpaired) electrons. The van der Waals surface area contributed by atoms with Gasteiger partial charge >= 0.3 is 0 Å². The first-order valence-electron chi connectivity index (χ1n) is 5.93. The fourth-order valence-corrected chi connectivity index (χ4v) is 2.73. The minimum absolute atomic E-state index is 0.000731. The molecule has 0 bridgehead atoms. The Bertz CT molecular complexity index is 661. The smallest absolute Gasteiger partial charge is 0.131 e. The maximum Gasteiger partial charge on any atom is 0.131 e. The lowest BCUT2D eigenvalue weighted by atomic mass is 9.90. The maximum absolute atomic E-state index is 13.7. The number of benzene rings is 2. The van der Waals surface area contributed by atoms with Crippen LogP contribution in [0, 0.1) is 23.1 Å². The van der Waals surface area contributed by atoms with E-state index in [0.29, 0.717) is 11.8 Å². The Balaban J connectivity index is 2.26. The molecule has 2 nitrogen and oxygen atoms in total. The maximum atomic E-state index is 13.7. The lowest BCUT2D eigenvalue weighted by Gasteiger charge is -2.12. The van der Waals surface area contributed by atoms with Crippen LogP contribution in [0.2, 0.25) is 0 Å². The first-order valence-corrected chi connectivity index (χ1v) is 5.93. The van der Waals surface area contributed by atoms with Crippen LogP contribution in [-0.2, 0) is 5.41 Å². The van der Waals surface area contributed by atoms with E-state index in [1.54, 1.807) is 18.2 Å². The van der Waals surface area contributed by atoms with Crippen molar-refractivity contribution in [3.05, 3.63) is 47.8 Å². The van der Waals surface area contributed by atoms with E-state index in [1.165, 1.54) is 6.07 Å². The molecule has 0 unspecified atom stereocenters. The van der Waals surface area contributed by atoms with E-state index >= 15 is 0 Å². The molecule has 1 aliphatic carbocycles. The number of nitrogens with zero attached hydrogens (tertiary/aromatic N) is 1. The predicted molar refractivity (Wildman–Crippen MR) is 66.4 cm³/mol. The molecule has 1 saturated carbocycles. The summed E-state index contributed by atoms with van der Waals surface area (Å²) >= 11 is 0. The van der Waals surface area contributed by atoms with E-state index in [-0.39, 0.29) is 18.3 Å². The number of aliphatic hydroxyl groups is 1. The molecule has 2 atom stereocenters. The molecule has 2 aromatic carbocycles. The lowest BCUT2D eigenvalue weighted by Crippen LogP contribution is -2.10. The third-order valence-corrected chi connectivity index (χ3v) is 3.88. The molecule has 0 aromatic heterocycles. The number of hydrogen-bond donors (Lipinski definition) is 1. The standard InChI is InChI=1S/C15H12FNO/c16-14-6-5-13(11-3-1-2-4-12(11)14)15(9-17)7-10(15)8-18/h1-6,10,18H,7-8H2/t10-,15+/m0/s1. The quantitative estimate of drug-likeness (QED) is 0.878. The second-order valence-electron chi connectivity index (χ2n) is 4.81. The summed E-state index contributed by atoms with van der Waals surface area (Å²) in [6, 6.07) is 12.6. The van der Waals surface area contributed by atoms with Crippen molar-refractivity contribution in [2.45, 2.75) is 11.8 Å². The van der Waals surface area contributed by atoms with Crippen LogP contribution in [0.1, 0.15) is 12.0 Å². The third kappa shape index (κ3) is 1.36. The first-order chi connectivity index (χ1) is 8.73. The molecular formula is C15H12FNO. The summed E-state index contributed by atoms with van der Waals surface area (Å²) in [5.41, 5.74) is 0.197. The number of aliphatic hydroxyl groups excluding tert-OH is 1. The van der Waals surface area contributed by atoms with E-state index in [2.05, 4.69) is 6.07 Å². The van der Waals surface area contributed by atoms with Crippen molar-refractivity contribution in [2.24, 2.45) is 5.92 Å². The highest BCUT2D eigenvalue weighted by Crippen LogP contribution is 2.55. The molecule has 1 N–H and O–H groups in total. The van der Waals surface area contributed by atoms with Gasteiger partial charge < -0.3 is 5.11 Å². The van der Waals surface area contributed by atoms with Crippen LogP contribution in [0.25, 0.3) is 10.8 Å². The van der Waals surface area contributed by atoms with Gasteiger partial charge in [0.25, 0.3) is 0 Å². The summed E-state index contributed by atoms with van der Waals surface area (Å²) in [6.07, 6.45) is 0.648. The van der Waals surface area contributed by atoms with Gasteiger partial charge in [-0.15, -0.1) is 0 Å². The zero-order valence-corrected chi connectivity index (χ0v) is 9.73. The minimum atomic E-state index is -0.637. The summed E-state index contributed by atoms with van der Waals surface area (Å²) in [5.74, 6) is -0.306. The summed E-state index contributed by atoms with van der Waals surface area (Å²) in [4.78, 5) is 0. The fraction of sp³-hybridized carbons (Fsp3) is 0.267. The molecule has 0 spiro atoms. The van der Waals surface area contributed by atoms with Gasteiger partial charge in [-0.05, 0) is 23.4 Å². The molecule has 18 heavy (non-hydrogen) atoms. The monoisotopic (exact) mass is 241 g/mol. The third-order valence-electron chi connectivity index (χ3n) is 3.88. The van der Waals surface area contributed by atoms with Gasteiger partial charge in [-0.25, -0.2) is 4.39 Å². The number of halogens is 1. The molecule has 0 amide bonds. The summed E-state index contributed by atoms with van der Waals surface area (Å²) in [6.45, 7) is -0.000731. The largest absolute Gasteiger partial charge is 0.396 e. The predicted octanol–water partition coefficient (Wildman–Crippen LogP) is 2.75. The molecule has 90 valence electrons. The lowest BCUT2D eigenvalue weighted by molar-refractivity contribution is 0.269. The SMILES string of the molecule is N#C[C@]1(c2ccc(F)c3ccccc23)C[C@H]1CO. The molecule has 1 fully saturated rings. The average molecular weight is 241 g/mol. The van der Waals surface area contributed by atoms with E-state index < -0.39 is 5.41 Å². The van der Waals surface area contributed by atoms with Gasteiger partial charge in [0.05, 0.1) is 11.5 Å². The molecule has 3 heteroatoms. The molecule has 3 rings (SSSR count). The summed E-state index contributed by atoms with van der Waals surface area (Å²) < 4.78 is 13.7. The second-order valence-corrected chi connectivity index (χ2v) is 4.81. The normalized spacial score (nSPS) is 25.9. The zero-order chi connectivity index (χ0) is 12.8. The molecule has 0 aliphatic heterocycles. The Morgan fingerprint density at radius 1 is 1.28 bits per heavy atom. The zero-order valence-electron chi connectivity index (χ0n) is 9.73. The van der Waals surface area contributed by atoms with Gasteiger partial charge in [0.15, 0.2) is 0 Å².